The molecule has 0 spiro atoms. The fraction of sp³-hybridized carbons (Fsp3) is 0.611. The lowest BCUT2D eigenvalue weighted by Crippen LogP contribution is -2.23. The van der Waals surface area contributed by atoms with Crippen LogP contribution in [0.25, 0.3) is 0 Å². The van der Waals surface area contributed by atoms with E-state index in [9.17, 15) is 4.79 Å². The molecule has 1 aromatic rings. The van der Waals surface area contributed by atoms with Gasteiger partial charge in [-0.25, -0.2) is 0 Å². The van der Waals surface area contributed by atoms with E-state index in [4.69, 9.17) is 16.3 Å². The monoisotopic (exact) mass is 310 g/mol. The summed E-state index contributed by atoms with van der Waals surface area (Å²) >= 11 is 5.96. The fourth-order valence-corrected chi connectivity index (χ4v) is 2.06. The lowest BCUT2D eigenvalue weighted by atomic mass is 9.80. The summed E-state index contributed by atoms with van der Waals surface area (Å²) in [5.74, 6) is 0.229. The van der Waals surface area contributed by atoms with E-state index in [1.54, 1.807) is 0 Å². The third-order valence-corrected chi connectivity index (χ3v) is 3.97. The molecule has 0 saturated heterocycles. The number of hydrogen-bond acceptors (Lipinski definition) is 2. The van der Waals surface area contributed by atoms with Crippen molar-refractivity contribution < 1.29 is 9.53 Å². The van der Waals surface area contributed by atoms with Crippen LogP contribution in [0.4, 0.5) is 0 Å². The number of hydrogen-bond donors (Lipinski definition) is 0. The molecule has 0 radical (unpaired) electrons. The van der Waals surface area contributed by atoms with Crippen LogP contribution in [0.1, 0.15) is 66.0 Å². The Labute approximate surface area is 133 Å². The Morgan fingerprint density at radius 2 is 1.71 bits per heavy atom. The van der Waals surface area contributed by atoms with Crippen LogP contribution < -0.4 is 4.74 Å². The third-order valence-electron chi connectivity index (χ3n) is 3.48. The molecule has 3 heteroatoms. The van der Waals surface area contributed by atoms with Gasteiger partial charge < -0.3 is 4.74 Å². The van der Waals surface area contributed by atoms with Crippen LogP contribution in [0.2, 0.25) is 0 Å². The number of alkyl halides is 1. The van der Waals surface area contributed by atoms with E-state index in [1.807, 2.05) is 19.1 Å². The molecule has 0 fully saturated rings. The van der Waals surface area contributed by atoms with Gasteiger partial charge in [0.15, 0.2) is 0 Å². The van der Waals surface area contributed by atoms with Gasteiger partial charge in [-0.2, -0.15) is 0 Å². The molecule has 1 unspecified atom stereocenters. The number of esters is 1. The smallest absolute Gasteiger partial charge is 0.329 e. The first kappa shape index (κ1) is 18.0. The van der Waals surface area contributed by atoms with Crippen molar-refractivity contribution in [3.05, 3.63) is 29.3 Å². The molecule has 0 aliphatic rings. The van der Waals surface area contributed by atoms with Crippen LogP contribution in [-0.4, -0.2) is 11.3 Å². The van der Waals surface area contributed by atoms with E-state index < -0.39 is 5.38 Å². The molecule has 1 rings (SSSR count). The minimum Gasteiger partial charge on any atom is -0.425 e. The molecule has 0 amide bonds. The molecule has 0 bridgehead atoms. The summed E-state index contributed by atoms with van der Waals surface area (Å²) in [6, 6.07) is 6.04. The van der Waals surface area contributed by atoms with Crippen molar-refractivity contribution in [3.63, 3.8) is 0 Å². The Morgan fingerprint density at radius 3 is 2.14 bits per heavy atom. The Kier molecular flexibility index (Phi) is 5.49. The van der Waals surface area contributed by atoms with Gasteiger partial charge in [-0.1, -0.05) is 60.6 Å². The number of carbonyl (C=O) groups is 1. The topological polar surface area (TPSA) is 26.3 Å². The first-order chi connectivity index (χ1) is 9.46. The molecule has 0 aliphatic carbocycles. The van der Waals surface area contributed by atoms with Gasteiger partial charge in [0, 0.05) is 5.56 Å². The molecule has 0 aliphatic heterocycles. The van der Waals surface area contributed by atoms with Gasteiger partial charge in [0.2, 0.25) is 0 Å². The van der Waals surface area contributed by atoms with E-state index >= 15 is 0 Å². The van der Waals surface area contributed by atoms with E-state index in [0.29, 0.717) is 12.2 Å². The minimum atomic E-state index is -0.597. The zero-order valence-corrected chi connectivity index (χ0v) is 15.0. The summed E-state index contributed by atoms with van der Waals surface area (Å²) in [6.45, 7) is 14.7. The van der Waals surface area contributed by atoms with Crippen molar-refractivity contribution >= 4 is 17.6 Å². The molecule has 118 valence electrons. The number of benzene rings is 1. The van der Waals surface area contributed by atoms with E-state index in [0.717, 1.165) is 5.56 Å². The minimum absolute atomic E-state index is 0.0565. The highest BCUT2D eigenvalue weighted by Gasteiger charge is 2.25. The van der Waals surface area contributed by atoms with E-state index in [1.165, 1.54) is 5.56 Å². The summed E-state index contributed by atoms with van der Waals surface area (Å²) in [4.78, 5) is 12.0. The van der Waals surface area contributed by atoms with Gasteiger partial charge in [-0.05, 0) is 28.9 Å². The van der Waals surface area contributed by atoms with Crippen molar-refractivity contribution in [2.75, 3.05) is 0 Å². The maximum atomic E-state index is 12.0. The van der Waals surface area contributed by atoms with Gasteiger partial charge in [-0.15, -0.1) is 11.6 Å². The second-order valence-electron chi connectivity index (χ2n) is 7.51. The summed E-state index contributed by atoms with van der Waals surface area (Å²) < 4.78 is 5.52. The van der Waals surface area contributed by atoms with E-state index in [-0.39, 0.29) is 16.8 Å². The van der Waals surface area contributed by atoms with Crippen LogP contribution in [0.15, 0.2) is 18.2 Å². The van der Waals surface area contributed by atoms with Crippen LogP contribution in [-0.2, 0) is 15.6 Å². The zero-order valence-electron chi connectivity index (χ0n) is 14.2. The Bertz CT molecular complexity index is 507. The summed E-state index contributed by atoms with van der Waals surface area (Å²) in [7, 11) is 0. The van der Waals surface area contributed by atoms with Crippen molar-refractivity contribution in [2.24, 2.45) is 0 Å². The quantitative estimate of drug-likeness (QED) is 0.435. The molecule has 0 aromatic heterocycles. The molecular formula is C18H27ClO2. The Balaban J connectivity index is 3.24. The number of halogens is 1. The molecule has 0 saturated carbocycles. The molecule has 0 heterocycles. The van der Waals surface area contributed by atoms with Crippen molar-refractivity contribution in [2.45, 2.75) is 71.1 Å². The van der Waals surface area contributed by atoms with Crippen molar-refractivity contribution in [3.8, 4) is 5.75 Å². The molecule has 21 heavy (non-hydrogen) atoms. The molecule has 1 aromatic carbocycles. The maximum Gasteiger partial charge on any atom is 0.329 e. The highest BCUT2D eigenvalue weighted by Crippen LogP contribution is 2.35. The lowest BCUT2D eigenvalue weighted by molar-refractivity contribution is -0.134. The highest BCUT2D eigenvalue weighted by molar-refractivity contribution is 6.30. The summed E-state index contributed by atoms with van der Waals surface area (Å²) in [5.41, 5.74) is 2.21. The van der Waals surface area contributed by atoms with Gasteiger partial charge in [-0.3, -0.25) is 4.79 Å². The van der Waals surface area contributed by atoms with Crippen molar-refractivity contribution in [1.29, 1.82) is 0 Å². The molecule has 1 atom stereocenters. The Morgan fingerprint density at radius 1 is 1.14 bits per heavy atom. The summed E-state index contributed by atoms with van der Waals surface area (Å²) in [5, 5.41) is -0.597. The molecular weight excluding hydrogens is 284 g/mol. The zero-order chi connectivity index (χ0) is 16.4. The van der Waals surface area contributed by atoms with Crippen molar-refractivity contribution in [1.82, 2.24) is 0 Å². The van der Waals surface area contributed by atoms with Crippen LogP contribution in [0, 0.1) is 0 Å². The van der Waals surface area contributed by atoms with Crippen LogP contribution >= 0.6 is 11.6 Å². The predicted molar refractivity (Wildman–Crippen MR) is 89.4 cm³/mol. The van der Waals surface area contributed by atoms with Gasteiger partial charge >= 0.3 is 5.97 Å². The SMILES string of the molecule is CCC(Cl)C(=O)Oc1ccc(C(C)(C)C)cc1C(C)(C)C. The average Bonchev–Trinajstić information content (AvgIpc) is 2.35. The first-order valence-corrected chi connectivity index (χ1v) is 7.91. The van der Waals surface area contributed by atoms with Gasteiger partial charge in [0.1, 0.15) is 11.1 Å². The van der Waals surface area contributed by atoms with Gasteiger partial charge in [0.05, 0.1) is 0 Å². The maximum absolute atomic E-state index is 12.0. The van der Waals surface area contributed by atoms with Crippen LogP contribution in [0.5, 0.6) is 5.75 Å². The lowest BCUT2D eigenvalue weighted by Gasteiger charge is -2.27. The fourth-order valence-electron chi connectivity index (χ4n) is 2.01. The third kappa shape index (κ3) is 4.74. The number of rotatable bonds is 3. The average molecular weight is 311 g/mol. The predicted octanol–water partition coefficient (Wildman–Crippen LogP) is 5.20. The second kappa shape index (κ2) is 6.39. The molecule has 0 N–H and O–H groups in total. The highest BCUT2D eigenvalue weighted by atomic mass is 35.5. The Hall–Kier alpha value is -1.02. The largest absolute Gasteiger partial charge is 0.425 e. The number of ether oxygens (including phenoxy) is 1. The number of carbonyl (C=O) groups excluding carboxylic acids is 1. The van der Waals surface area contributed by atoms with Crippen LogP contribution in [0.3, 0.4) is 0 Å². The normalized spacial score (nSPS) is 13.9. The summed E-state index contributed by atoms with van der Waals surface area (Å²) in [6.07, 6.45) is 0.561. The standard InChI is InChI=1S/C18H27ClO2/c1-8-14(19)16(20)21-15-10-9-12(17(2,3)4)11-13(15)18(5,6)7/h9-11,14H,8H2,1-7H3. The molecule has 2 nitrogen and oxygen atoms in total. The first-order valence-electron chi connectivity index (χ1n) is 7.47. The second-order valence-corrected chi connectivity index (χ2v) is 8.03. The van der Waals surface area contributed by atoms with E-state index in [2.05, 4.69) is 47.6 Å². The van der Waals surface area contributed by atoms with Gasteiger partial charge in [0.25, 0.3) is 0 Å².